The number of amides is 2. The summed E-state index contributed by atoms with van der Waals surface area (Å²) >= 11 is 6.86. The molecule has 1 heterocycles. The fraction of sp³-hybridized carbons (Fsp3) is 0. The van der Waals surface area contributed by atoms with Crippen LogP contribution in [0.3, 0.4) is 0 Å². The monoisotopic (exact) mass is 794 g/mol. The van der Waals surface area contributed by atoms with Gasteiger partial charge >= 0.3 is 0 Å². The molecular formula is C41H28Br2N6O2. The Morgan fingerprint density at radius 3 is 1.55 bits per heavy atom. The molecule has 248 valence electrons. The summed E-state index contributed by atoms with van der Waals surface area (Å²) < 4.78 is 2.02. The number of nitrogens with zero attached hydrogens (tertiary/aromatic N) is 3. The van der Waals surface area contributed by atoms with Crippen LogP contribution in [0.25, 0.3) is 22.4 Å². The number of nitrogens with one attached hydrogen (secondary N) is 3. The van der Waals surface area contributed by atoms with Gasteiger partial charge in [-0.2, -0.15) is 0 Å². The third kappa shape index (κ3) is 8.61. The first-order valence-electron chi connectivity index (χ1n) is 15.9. The average Bonchev–Trinajstić information content (AvgIpc) is 3.59. The fourth-order valence-corrected chi connectivity index (χ4v) is 5.66. The van der Waals surface area contributed by atoms with Gasteiger partial charge in [0, 0.05) is 49.4 Å². The zero-order valence-electron chi connectivity index (χ0n) is 26.8. The first-order chi connectivity index (χ1) is 24.8. The van der Waals surface area contributed by atoms with Crippen LogP contribution < -0.4 is 10.6 Å². The average molecular weight is 797 g/mol. The van der Waals surface area contributed by atoms with Crippen LogP contribution in [0.15, 0.2) is 158 Å². The zero-order valence-corrected chi connectivity index (χ0v) is 30.0. The summed E-state index contributed by atoms with van der Waals surface area (Å²) in [6.45, 7) is 0. The lowest BCUT2D eigenvalue weighted by Crippen LogP contribution is -2.11. The lowest BCUT2D eigenvalue weighted by Gasteiger charge is -2.06. The lowest BCUT2D eigenvalue weighted by atomic mass is 10.1. The van der Waals surface area contributed by atoms with E-state index in [0.717, 1.165) is 48.0 Å². The van der Waals surface area contributed by atoms with Crippen molar-refractivity contribution >= 4 is 89.9 Å². The second-order valence-corrected chi connectivity index (χ2v) is 13.3. The van der Waals surface area contributed by atoms with Crippen LogP contribution in [0.5, 0.6) is 0 Å². The minimum atomic E-state index is -0.226. The molecular weight excluding hydrogens is 768 g/mol. The standard InChI is InChI=1S/C41H28Br2N6O2/c42-31-11-1-26(2-12-31)24-44-33-15-7-29(8-16-33)40(50)46-35-19-5-28(6-20-35)39-48-37-22-21-36(23-38(37)49-39)47-41(51)30-9-17-34(18-10-30)45-25-27-3-13-32(43)14-4-27/h1-25H,(H,46,50)(H,47,51)(H,48,49). The normalized spacial score (nSPS) is 11.3. The van der Waals surface area contributed by atoms with Gasteiger partial charge in [0.15, 0.2) is 0 Å². The molecule has 0 aliphatic carbocycles. The summed E-state index contributed by atoms with van der Waals surface area (Å²) in [6, 6.07) is 43.0. The highest BCUT2D eigenvalue weighted by molar-refractivity contribution is 9.10. The van der Waals surface area contributed by atoms with Crippen molar-refractivity contribution in [3.8, 4) is 11.4 Å². The molecule has 0 fully saturated rings. The van der Waals surface area contributed by atoms with Gasteiger partial charge in [-0.15, -0.1) is 0 Å². The van der Waals surface area contributed by atoms with Gasteiger partial charge in [0.05, 0.1) is 22.4 Å². The van der Waals surface area contributed by atoms with Crippen molar-refractivity contribution in [1.29, 1.82) is 0 Å². The first kappa shape index (κ1) is 33.5. The molecule has 0 aliphatic rings. The van der Waals surface area contributed by atoms with E-state index in [-0.39, 0.29) is 11.8 Å². The Hall–Kier alpha value is -5.97. The lowest BCUT2D eigenvalue weighted by molar-refractivity contribution is 0.101. The van der Waals surface area contributed by atoms with E-state index in [1.807, 2.05) is 115 Å². The van der Waals surface area contributed by atoms with Crippen molar-refractivity contribution < 1.29 is 9.59 Å². The molecule has 7 rings (SSSR count). The third-order valence-electron chi connectivity index (χ3n) is 7.88. The highest BCUT2D eigenvalue weighted by Crippen LogP contribution is 2.25. The van der Waals surface area contributed by atoms with Crippen LogP contribution in [-0.2, 0) is 0 Å². The Balaban J connectivity index is 0.950. The largest absolute Gasteiger partial charge is 0.338 e. The molecule has 0 spiro atoms. The number of aromatic nitrogens is 2. The van der Waals surface area contributed by atoms with Gasteiger partial charge in [0.25, 0.3) is 11.8 Å². The zero-order chi connectivity index (χ0) is 35.2. The van der Waals surface area contributed by atoms with Gasteiger partial charge in [-0.05, 0) is 126 Å². The second kappa shape index (κ2) is 15.3. The number of benzene rings is 6. The van der Waals surface area contributed by atoms with E-state index in [0.29, 0.717) is 28.3 Å². The van der Waals surface area contributed by atoms with E-state index in [1.54, 1.807) is 36.7 Å². The van der Waals surface area contributed by atoms with E-state index < -0.39 is 0 Å². The molecule has 8 nitrogen and oxygen atoms in total. The van der Waals surface area contributed by atoms with Crippen LogP contribution in [0.2, 0.25) is 0 Å². The van der Waals surface area contributed by atoms with E-state index >= 15 is 0 Å². The number of carbonyl (C=O) groups is 2. The molecule has 0 unspecified atom stereocenters. The second-order valence-electron chi connectivity index (χ2n) is 11.5. The van der Waals surface area contributed by atoms with Crippen LogP contribution in [0, 0.1) is 0 Å². The third-order valence-corrected chi connectivity index (χ3v) is 8.94. The number of aromatic amines is 1. The predicted octanol–water partition coefficient (Wildman–Crippen LogP) is 10.8. The van der Waals surface area contributed by atoms with E-state index in [4.69, 9.17) is 4.98 Å². The number of H-pyrrole nitrogens is 1. The molecule has 0 bridgehead atoms. The number of hydrogen-bond acceptors (Lipinski definition) is 5. The van der Waals surface area contributed by atoms with Crippen molar-refractivity contribution in [3.63, 3.8) is 0 Å². The molecule has 0 saturated heterocycles. The quantitative estimate of drug-likeness (QED) is 0.126. The van der Waals surface area contributed by atoms with Gasteiger partial charge in [-0.25, -0.2) is 4.98 Å². The van der Waals surface area contributed by atoms with Crippen LogP contribution >= 0.6 is 31.9 Å². The molecule has 2 amide bonds. The summed E-state index contributed by atoms with van der Waals surface area (Å²) in [7, 11) is 0. The molecule has 51 heavy (non-hydrogen) atoms. The minimum absolute atomic E-state index is 0.217. The molecule has 3 N–H and O–H groups in total. The maximum absolute atomic E-state index is 13.0. The molecule has 0 atom stereocenters. The number of imidazole rings is 1. The Labute approximate surface area is 310 Å². The van der Waals surface area contributed by atoms with Gasteiger partial charge in [0.2, 0.25) is 0 Å². The molecule has 6 aromatic carbocycles. The predicted molar refractivity (Wildman–Crippen MR) is 213 cm³/mol. The van der Waals surface area contributed by atoms with E-state index in [9.17, 15) is 9.59 Å². The highest BCUT2D eigenvalue weighted by Gasteiger charge is 2.11. The highest BCUT2D eigenvalue weighted by atomic mass is 79.9. The molecule has 0 aliphatic heterocycles. The van der Waals surface area contributed by atoms with Crippen LogP contribution in [0.4, 0.5) is 22.7 Å². The van der Waals surface area contributed by atoms with Crippen LogP contribution in [0.1, 0.15) is 31.8 Å². The Morgan fingerprint density at radius 1 is 0.569 bits per heavy atom. The number of hydrogen-bond donors (Lipinski definition) is 3. The number of carbonyl (C=O) groups excluding carboxylic acids is 2. The summed E-state index contributed by atoms with van der Waals surface area (Å²) in [5.74, 6) is 0.229. The number of aliphatic imine (C=N–C) groups is 2. The van der Waals surface area contributed by atoms with E-state index in [1.165, 1.54) is 0 Å². The summed E-state index contributed by atoms with van der Waals surface area (Å²) in [6.07, 6.45) is 3.57. The van der Waals surface area contributed by atoms with Crippen molar-refractivity contribution in [2.75, 3.05) is 10.6 Å². The summed E-state index contributed by atoms with van der Waals surface area (Å²) in [4.78, 5) is 42.9. The SMILES string of the molecule is O=C(Nc1ccc(-c2nc3ccc(NC(=O)c4ccc(N=Cc5ccc(Br)cc5)cc4)cc3[nH]2)cc1)c1ccc(N=Cc2ccc(Br)cc2)cc1. The fourth-order valence-electron chi connectivity index (χ4n) is 5.14. The number of rotatable bonds is 9. The van der Waals surface area contributed by atoms with Crippen molar-refractivity contribution in [2.45, 2.75) is 0 Å². The topological polar surface area (TPSA) is 112 Å². The molecule has 1 aromatic heterocycles. The smallest absolute Gasteiger partial charge is 0.255 e. The Kier molecular flexibility index (Phi) is 10.0. The van der Waals surface area contributed by atoms with Crippen molar-refractivity contribution in [3.05, 3.63) is 171 Å². The van der Waals surface area contributed by atoms with Gasteiger partial charge in [-0.1, -0.05) is 56.1 Å². The van der Waals surface area contributed by atoms with Crippen molar-refractivity contribution in [2.24, 2.45) is 9.98 Å². The number of anilines is 2. The molecule has 0 saturated carbocycles. The molecule has 10 heteroatoms. The number of halogens is 2. The van der Waals surface area contributed by atoms with E-state index in [2.05, 4.69) is 57.5 Å². The molecule has 7 aromatic rings. The first-order valence-corrected chi connectivity index (χ1v) is 17.5. The maximum Gasteiger partial charge on any atom is 0.255 e. The minimum Gasteiger partial charge on any atom is -0.338 e. The van der Waals surface area contributed by atoms with Crippen molar-refractivity contribution in [1.82, 2.24) is 9.97 Å². The van der Waals surface area contributed by atoms with Gasteiger partial charge in [-0.3, -0.25) is 19.6 Å². The Morgan fingerprint density at radius 2 is 1.04 bits per heavy atom. The summed E-state index contributed by atoms with van der Waals surface area (Å²) in [5, 5.41) is 5.90. The Bertz CT molecular complexity index is 2390. The van der Waals surface area contributed by atoms with Gasteiger partial charge in [0.1, 0.15) is 5.82 Å². The maximum atomic E-state index is 13.0. The van der Waals surface area contributed by atoms with Gasteiger partial charge < -0.3 is 15.6 Å². The molecule has 0 radical (unpaired) electrons. The summed E-state index contributed by atoms with van der Waals surface area (Å²) in [5.41, 5.74) is 8.22. The number of fused-ring (bicyclic) bond motifs is 1. The van der Waals surface area contributed by atoms with Crippen LogP contribution in [-0.4, -0.2) is 34.2 Å².